The lowest BCUT2D eigenvalue weighted by Crippen LogP contribution is -2.00. The lowest BCUT2D eigenvalue weighted by atomic mass is 9.97. The summed E-state index contributed by atoms with van der Waals surface area (Å²) < 4.78 is 87.1. The van der Waals surface area contributed by atoms with E-state index < -0.39 is 48.3 Å². The molecule has 0 aliphatic heterocycles. The standard InChI is InChI=1S/2C39H25N3O/c1-3-12-26(13-4-1)37-40-38(27-14-5-2-6-15-27)42-39(41-37)31-19-10-17-29(25-31)28-16-9-18-30(24-28)32-21-11-22-34-33-20-7-8-23-35(33)43-36(32)34;1-3-11-26(12-4-1)37-40-38(27-13-5-2-6-14-27)42-39(41-37)32-18-10-17-30(24-32)28-15-9-16-29(23-28)31-21-22-34-33-19-7-8-20-35(33)43-36(34)25-31/h2*1-25H/i;1D,2D,3D,4D,5D,6D,11D,12D,13D. The minimum Gasteiger partial charge on any atom is -0.456 e. The van der Waals surface area contributed by atoms with Crippen LogP contribution in [0.3, 0.4) is 0 Å². The summed E-state index contributed by atoms with van der Waals surface area (Å²) in [5, 5.41) is 4.34. The third-order valence-electron chi connectivity index (χ3n) is 14.9. The minimum absolute atomic E-state index is 0.0338. The van der Waals surface area contributed by atoms with Gasteiger partial charge in [-0.25, -0.2) is 29.9 Å². The summed E-state index contributed by atoms with van der Waals surface area (Å²) in [5.41, 5.74) is 14.5. The van der Waals surface area contributed by atoms with Crippen LogP contribution < -0.4 is 0 Å². The maximum Gasteiger partial charge on any atom is 0.164 e. The van der Waals surface area contributed by atoms with Crippen LogP contribution in [0.5, 0.6) is 0 Å². The molecule has 0 aliphatic carbocycles. The maximum absolute atomic E-state index is 8.57. The highest BCUT2D eigenvalue weighted by molar-refractivity contribution is 6.10. The van der Waals surface area contributed by atoms with Crippen molar-refractivity contribution < 1.29 is 21.2 Å². The summed E-state index contributed by atoms with van der Waals surface area (Å²) in [6.07, 6.45) is 0. The van der Waals surface area contributed by atoms with E-state index in [0.717, 1.165) is 105 Å². The number of aromatic nitrogens is 6. The molecule has 8 nitrogen and oxygen atoms in total. The minimum atomic E-state index is -0.571. The van der Waals surface area contributed by atoms with Crippen molar-refractivity contribution in [3.05, 3.63) is 303 Å². The van der Waals surface area contributed by atoms with Crippen LogP contribution in [-0.2, 0) is 0 Å². The Morgan fingerprint density at radius 1 is 0.221 bits per heavy atom. The second kappa shape index (κ2) is 22.5. The topological polar surface area (TPSA) is 104 Å². The summed E-state index contributed by atoms with van der Waals surface area (Å²) in [6, 6.07) is 77.9. The number of rotatable bonds is 10. The number of furan rings is 2. The highest BCUT2D eigenvalue weighted by Crippen LogP contribution is 2.39. The second-order valence-electron chi connectivity index (χ2n) is 20.3. The zero-order chi connectivity index (χ0) is 65.0. The van der Waals surface area contributed by atoms with Gasteiger partial charge in [-0.1, -0.05) is 255 Å². The van der Waals surface area contributed by atoms with Gasteiger partial charge in [0.05, 0.1) is 12.3 Å². The zero-order valence-electron chi connectivity index (χ0n) is 54.7. The lowest BCUT2D eigenvalue weighted by molar-refractivity contribution is 0.669. The van der Waals surface area contributed by atoms with Crippen LogP contribution >= 0.6 is 0 Å². The van der Waals surface area contributed by atoms with E-state index in [1.807, 2.05) is 140 Å². The van der Waals surface area contributed by atoms with Crippen molar-refractivity contribution in [1.29, 1.82) is 0 Å². The number of para-hydroxylation sites is 3. The molecule has 86 heavy (non-hydrogen) atoms. The summed E-state index contributed by atoms with van der Waals surface area (Å²) in [6.45, 7) is 0. The van der Waals surface area contributed by atoms with Gasteiger partial charge >= 0.3 is 0 Å². The Bertz CT molecular complexity index is 5620. The van der Waals surface area contributed by atoms with Gasteiger partial charge in [-0.2, -0.15) is 0 Å². The molecule has 0 spiro atoms. The smallest absolute Gasteiger partial charge is 0.164 e. The fourth-order valence-corrected chi connectivity index (χ4v) is 10.7. The van der Waals surface area contributed by atoms with Gasteiger partial charge in [-0.05, 0) is 87.5 Å². The van der Waals surface area contributed by atoms with Crippen molar-refractivity contribution in [2.45, 2.75) is 0 Å². The molecule has 0 saturated heterocycles. The molecule has 0 bridgehead atoms. The molecule has 16 rings (SSSR count). The first kappa shape index (κ1) is 42.1. The number of fused-ring (bicyclic) bond motifs is 6. The van der Waals surface area contributed by atoms with E-state index in [1.165, 1.54) is 6.07 Å². The van der Waals surface area contributed by atoms with Crippen LogP contribution in [0.25, 0.3) is 157 Å². The van der Waals surface area contributed by atoms with Crippen LogP contribution in [0.1, 0.15) is 12.3 Å². The normalized spacial score (nSPS) is 12.7. The van der Waals surface area contributed by atoms with E-state index in [2.05, 4.69) is 112 Å². The molecule has 0 saturated carbocycles. The Kier molecular flexibility index (Phi) is 11.0. The average molecular weight is 1110 g/mol. The number of nitrogens with zero attached hydrogens (tertiary/aromatic N) is 6. The third kappa shape index (κ3) is 10.2. The first-order valence-electron chi connectivity index (χ1n) is 32.3. The van der Waals surface area contributed by atoms with Crippen molar-refractivity contribution >= 4 is 43.9 Å². The Hall–Kier alpha value is -11.7. The zero-order valence-corrected chi connectivity index (χ0v) is 45.7. The third-order valence-corrected chi connectivity index (χ3v) is 14.9. The van der Waals surface area contributed by atoms with Gasteiger partial charge in [0.15, 0.2) is 34.9 Å². The number of hydrogen-bond donors (Lipinski definition) is 0. The molecule has 8 heteroatoms. The quantitative estimate of drug-likeness (QED) is 0.133. The van der Waals surface area contributed by atoms with Crippen molar-refractivity contribution in [1.82, 2.24) is 29.9 Å². The largest absolute Gasteiger partial charge is 0.456 e. The molecule has 0 N–H and O–H groups in total. The molecular formula is C78H50N6O2. The van der Waals surface area contributed by atoms with Crippen LogP contribution in [0, 0.1) is 0 Å². The predicted molar refractivity (Wildman–Crippen MR) is 349 cm³/mol. The Labute approximate surface area is 508 Å². The number of benzene rings is 12. The molecule has 0 fully saturated rings. The van der Waals surface area contributed by atoms with E-state index in [0.29, 0.717) is 23.0 Å². The summed E-state index contributed by atoms with van der Waals surface area (Å²) in [4.78, 5) is 28.3. The van der Waals surface area contributed by atoms with Gasteiger partial charge in [-0.15, -0.1) is 0 Å². The summed E-state index contributed by atoms with van der Waals surface area (Å²) in [5.74, 6) is 1.63. The van der Waals surface area contributed by atoms with Crippen molar-refractivity contribution in [3.63, 3.8) is 0 Å². The molecule has 0 aliphatic rings. The molecular weight excluding hydrogens is 1050 g/mol. The van der Waals surface area contributed by atoms with E-state index in [9.17, 15) is 0 Å². The molecule has 12 aromatic carbocycles. The predicted octanol–water partition coefficient (Wildman–Crippen LogP) is 20.2. The van der Waals surface area contributed by atoms with Gasteiger partial charge in [0.1, 0.15) is 22.3 Å². The molecule has 4 aromatic heterocycles. The average Bonchev–Trinajstić information content (AvgIpc) is 1.76. The first-order valence-corrected chi connectivity index (χ1v) is 27.8. The van der Waals surface area contributed by atoms with Gasteiger partial charge < -0.3 is 8.83 Å². The SMILES string of the molecule is [2H]c1cc(-c2nc(-c3cccc(-c4cccc(-c5ccc6c(c5)oc5ccccc56)c4)c3)nc(-c3c([2H])c([2H])c([2H])c([2H])c3[2H])n2)c([2H])c([2H])c1[2H].c1ccc(-c2nc(-c3ccccc3)nc(-c3cccc(-c4cccc(-c5cccc6c5oc5ccccc56)c4)c3)n2)cc1. The first-order chi connectivity index (χ1) is 46.3. The molecule has 0 radical (unpaired) electrons. The molecule has 16 aromatic rings. The highest BCUT2D eigenvalue weighted by Gasteiger charge is 2.17. The lowest BCUT2D eigenvalue weighted by Gasteiger charge is -2.10. The van der Waals surface area contributed by atoms with Crippen molar-refractivity contribution in [3.8, 4) is 113 Å². The van der Waals surface area contributed by atoms with Crippen LogP contribution in [0.2, 0.25) is 0 Å². The molecule has 0 atom stereocenters. The molecule has 404 valence electrons. The molecule has 0 unspecified atom stereocenters. The molecule has 4 heterocycles. The van der Waals surface area contributed by atoms with E-state index in [1.54, 1.807) is 6.07 Å². The molecule has 0 amide bonds. The van der Waals surface area contributed by atoms with Gasteiger partial charge in [0.2, 0.25) is 0 Å². The van der Waals surface area contributed by atoms with Crippen LogP contribution in [-0.4, -0.2) is 29.9 Å². The van der Waals surface area contributed by atoms with Gasteiger partial charge in [0.25, 0.3) is 0 Å². The van der Waals surface area contributed by atoms with E-state index in [-0.39, 0.29) is 34.6 Å². The Morgan fingerprint density at radius 2 is 0.593 bits per heavy atom. The summed E-state index contributed by atoms with van der Waals surface area (Å²) in [7, 11) is 0. The summed E-state index contributed by atoms with van der Waals surface area (Å²) >= 11 is 0. The monoisotopic (exact) mass is 1110 g/mol. The van der Waals surface area contributed by atoms with E-state index >= 15 is 0 Å². The van der Waals surface area contributed by atoms with Crippen molar-refractivity contribution in [2.75, 3.05) is 0 Å². The van der Waals surface area contributed by atoms with E-state index in [4.69, 9.17) is 36.1 Å². The van der Waals surface area contributed by atoms with Crippen LogP contribution in [0.15, 0.2) is 312 Å². The fraction of sp³-hybridized carbons (Fsp3) is 0. The van der Waals surface area contributed by atoms with Gasteiger partial charge in [-0.3, -0.25) is 0 Å². The van der Waals surface area contributed by atoms with Crippen LogP contribution in [0.4, 0.5) is 0 Å². The fourth-order valence-electron chi connectivity index (χ4n) is 10.7. The highest BCUT2D eigenvalue weighted by atomic mass is 16.3. The van der Waals surface area contributed by atoms with Gasteiger partial charge in [0, 0.05) is 60.5 Å². The second-order valence-corrected chi connectivity index (χ2v) is 20.3. The number of hydrogen-bond acceptors (Lipinski definition) is 8. The Morgan fingerprint density at radius 3 is 1.17 bits per heavy atom. The van der Waals surface area contributed by atoms with Crippen molar-refractivity contribution in [2.24, 2.45) is 0 Å². The Balaban J connectivity index is 0.000000159. The maximum atomic E-state index is 8.57.